The first-order valence-electron chi connectivity index (χ1n) is 9.35. The second kappa shape index (κ2) is 6.71. The van der Waals surface area contributed by atoms with Crippen LogP contribution in [0.4, 0.5) is 5.69 Å². The lowest BCUT2D eigenvalue weighted by molar-refractivity contribution is -0.132. The zero-order chi connectivity index (χ0) is 21.8. The van der Waals surface area contributed by atoms with Crippen LogP contribution < -0.4 is 10.0 Å². The molecule has 156 valence electrons. The molecule has 0 bridgehead atoms. The van der Waals surface area contributed by atoms with Gasteiger partial charge in [0.15, 0.2) is 11.2 Å². The van der Waals surface area contributed by atoms with Crippen molar-refractivity contribution < 1.29 is 18.3 Å². The average molecular weight is 435 g/mol. The largest absolute Gasteiger partial charge is 0.372 e. The second-order valence-electron chi connectivity index (χ2n) is 7.25. The van der Waals surface area contributed by atoms with E-state index in [-0.39, 0.29) is 17.0 Å². The van der Waals surface area contributed by atoms with Crippen LogP contribution in [0.15, 0.2) is 71.8 Å². The molecule has 31 heavy (non-hydrogen) atoms. The predicted molar refractivity (Wildman–Crippen MR) is 112 cm³/mol. The number of pyridine rings is 1. The van der Waals surface area contributed by atoms with Crippen LogP contribution in [0, 0.1) is 0 Å². The van der Waals surface area contributed by atoms with Crippen LogP contribution in [-0.4, -0.2) is 34.4 Å². The molecule has 5 rings (SSSR count). The number of benzene rings is 2. The molecule has 4 aromatic rings. The van der Waals surface area contributed by atoms with Gasteiger partial charge in [-0.3, -0.25) is 4.79 Å². The van der Waals surface area contributed by atoms with Gasteiger partial charge < -0.3 is 15.0 Å². The lowest BCUT2D eigenvalue weighted by atomic mass is 9.87. The Morgan fingerprint density at radius 2 is 1.81 bits per heavy atom. The highest BCUT2D eigenvalue weighted by molar-refractivity contribution is 7.89. The van der Waals surface area contributed by atoms with E-state index in [0.29, 0.717) is 22.7 Å². The average Bonchev–Trinajstić information content (AvgIpc) is 3.27. The van der Waals surface area contributed by atoms with Crippen molar-refractivity contribution in [2.75, 3.05) is 4.90 Å². The topological polar surface area (TPSA) is 142 Å². The Morgan fingerprint density at radius 3 is 2.52 bits per heavy atom. The molecule has 2 aromatic heterocycles. The summed E-state index contributed by atoms with van der Waals surface area (Å²) in [6.07, 6.45) is 1.63. The first kappa shape index (κ1) is 19.4. The Balaban J connectivity index is 1.57. The Morgan fingerprint density at radius 1 is 1.06 bits per heavy atom. The van der Waals surface area contributed by atoms with Gasteiger partial charge in [-0.1, -0.05) is 30.3 Å². The van der Waals surface area contributed by atoms with Crippen LogP contribution in [0.5, 0.6) is 0 Å². The zero-order valence-corrected chi connectivity index (χ0v) is 16.9. The minimum Gasteiger partial charge on any atom is -0.372 e. The quantitative estimate of drug-likeness (QED) is 0.442. The number of nitrogens with zero attached hydrogens (tertiary/aromatic N) is 3. The molecule has 0 spiro atoms. The van der Waals surface area contributed by atoms with Crippen LogP contribution >= 0.6 is 0 Å². The van der Waals surface area contributed by atoms with Crippen molar-refractivity contribution in [2.45, 2.75) is 17.0 Å². The maximum Gasteiger partial charge on any atom is 0.268 e. The van der Waals surface area contributed by atoms with E-state index in [1.54, 1.807) is 36.5 Å². The fourth-order valence-electron chi connectivity index (χ4n) is 3.88. The van der Waals surface area contributed by atoms with Gasteiger partial charge in [-0.15, -0.1) is 0 Å². The normalized spacial score (nSPS) is 18.5. The number of carbonyl (C=O) groups excluding carboxylic acids is 1. The van der Waals surface area contributed by atoms with Gasteiger partial charge in [-0.05, 0) is 35.9 Å². The van der Waals surface area contributed by atoms with Crippen LogP contribution in [-0.2, 0) is 27.0 Å². The van der Waals surface area contributed by atoms with Crippen molar-refractivity contribution in [2.24, 2.45) is 5.14 Å². The number of H-pyrrole nitrogens is 1. The lowest BCUT2D eigenvalue weighted by Crippen LogP contribution is -2.41. The molecule has 0 saturated heterocycles. The summed E-state index contributed by atoms with van der Waals surface area (Å²) >= 11 is 0. The molecule has 3 heterocycles. The number of imidazole rings is 1. The monoisotopic (exact) mass is 435 g/mol. The molecule has 1 unspecified atom stereocenters. The fraction of sp³-hybridized carbons (Fsp3) is 0.0952. The van der Waals surface area contributed by atoms with Crippen LogP contribution in [0.25, 0.3) is 11.2 Å². The zero-order valence-electron chi connectivity index (χ0n) is 16.1. The number of amides is 1. The number of nitrogens with two attached hydrogens (primary N) is 1. The summed E-state index contributed by atoms with van der Waals surface area (Å²) in [5, 5.41) is 16.7. The number of nitrogens with one attached hydrogen (secondary N) is 1. The molecule has 10 heteroatoms. The number of primary sulfonamides is 1. The molecule has 4 N–H and O–H groups in total. The lowest BCUT2D eigenvalue weighted by Gasteiger charge is -2.23. The third-order valence-electron chi connectivity index (χ3n) is 5.35. The smallest absolute Gasteiger partial charge is 0.268 e. The number of hydrogen-bond acceptors (Lipinski definition) is 6. The summed E-state index contributed by atoms with van der Waals surface area (Å²) in [7, 11) is -3.90. The van der Waals surface area contributed by atoms with E-state index < -0.39 is 21.5 Å². The number of aromatic nitrogens is 3. The highest BCUT2D eigenvalue weighted by Crippen LogP contribution is 2.44. The Labute approximate surface area is 177 Å². The highest BCUT2D eigenvalue weighted by atomic mass is 32.2. The van der Waals surface area contributed by atoms with E-state index in [2.05, 4.69) is 15.0 Å². The molecule has 1 aliphatic rings. The van der Waals surface area contributed by atoms with Gasteiger partial charge in [0.05, 0.1) is 22.6 Å². The fourth-order valence-corrected chi connectivity index (χ4v) is 4.39. The minimum atomic E-state index is -3.90. The number of rotatable bonds is 4. The number of hydrogen-bond donors (Lipinski definition) is 3. The summed E-state index contributed by atoms with van der Waals surface area (Å²) < 4.78 is 23.1. The number of anilines is 1. The molecule has 2 aromatic carbocycles. The molecule has 1 aliphatic heterocycles. The maximum absolute atomic E-state index is 13.5. The van der Waals surface area contributed by atoms with Gasteiger partial charge in [0.1, 0.15) is 5.82 Å². The van der Waals surface area contributed by atoms with Crippen molar-refractivity contribution in [1.82, 2.24) is 15.0 Å². The van der Waals surface area contributed by atoms with Gasteiger partial charge in [0, 0.05) is 11.8 Å². The van der Waals surface area contributed by atoms with Gasteiger partial charge in [-0.25, -0.2) is 23.5 Å². The van der Waals surface area contributed by atoms with Gasteiger partial charge in [0.2, 0.25) is 10.0 Å². The number of carbonyl (C=O) groups is 1. The molecule has 9 nitrogen and oxygen atoms in total. The summed E-state index contributed by atoms with van der Waals surface area (Å²) in [6, 6.07) is 15.8. The van der Waals surface area contributed by atoms with E-state index in [1.807, 2.05) is 6.07 Å². The van der Waals surface area contributed by atoms with Crippen molar-refractivity contribution in [3.63, 3.8) is 0 Å². The van der Waals surface area contributed by atoms with Crippen molar-refractivity contribution in [3.8, 4) is 0 Å². The van der Waals surface area contributed by atoms with Gasteiger partial charge >= 0.3 is 0 Å². The third kappa shape index (κ3) is 3.00. The molecule has 0 fully saturated rings. The maximum atomic E-state index is 13.5. The first-order chi connectivity index (χ1) is 14.8. The molecule has 0 aliphatic carbocycles. The summed E-state index contributed by atoms with van der Waals surface area (Å²) in [6.45, 7) is 0.101. The third-order valence-corrected chi connectivity index (χ3v) is 6.28. The highest BCUT2D eigenvalue weighted by Gasteiger charge is 2.51. The Bertz CT molecular complexity index is 1400. The molecular weight excluding hydrogens is 418 g/mol. The van der Waals surface area contributed by atoms with E-state index in [4.69, 9.17) is 5.14 Å². The van der Waals surface area contributed by atoms with Crippen LogP contribution in [0.1, 0.15) is 17.0 Å². The van der Waals surface area contributed by atoms with Gasteiger partial charge in [-0.2, -0.15) is 0 Å². The number of para-hydroxylation sites is 1. The SMILES string of the molecule is NS(=O)(=O)c1ccc(C2(O)C(=O)N(Cc3nc4ncccc4[nH]3)c3ccccc32)cc1. The minimum absolute atomic E-state index is 0.101. The Hall–Kier alpha value is -3.60. The first-order valence-corrected chi connectivity index (χ1v) is 10.9. The number of sulfonamides is 1. The van der Waals surface area contributed by atoms with E-state index in [1.165, 1.54) is 29.2 Å². The van der Waals surface area contributed by atoms with Gasteiger partial charge in [0.25, 0.3) is 5.91 Å². The molecule has 1 atom stereocenters. The van der Waals surface area contributed by atoms with Crippen LogP contribution in [0.2, 0.25) is 0 Å². The summed E-state index contributed by atoms with van der Waals surface area (Å²) in [5.74, 6) is -0.0452. The Kier molecular flexibility index (Phi) is 4.19. The van der Waals surface area contributed by atoms with Crippen molar-refractivity contribution >= 4 is 32.8 Å². The number of fused-ring (bicyclic) bond motifs is 2. The predicted octanol–water partition coefficient (Wildman–Crippen LogP) is 1.39. The van der Waals surface area contributed by atoms with Crippen LogP contribution in [0.3, 0.4) is 0 Å². The number of aliphatic hydroxyl groups is 1. The second-order valence-corrected chi connectivity index (χ2v) is 8.81. The molecule has 0 saturated carbocycles. The molecule has 0 radical (unpaired) electrons. The molecule has 1 amide bonds. The number of aromatic amines is 1. The summed E-state index contributed by atoms with van der Waals surface area (Å²) in [4.78, 5) is 26.5. The van der Waals surface area contributed by atoms with Crippen molar-refractivity contribution in [3.05, 3.63) is 83.8 Å². The van der Waals surface area contributed by atoms with E-state index in [9.17, 15) is 18.3 Å². The van der Waals surface area contributed by atoms with Crippen molar-refractivity contribution in [1.29, 1.82) is 0 Å². The van der Waals surface area contributed by atoms with E-state index in [0.717, 1.165) is 5.52 Å². The standard InChI is InChI=1S/C21H17N5O4S/c22-31(29,30)14-9-7-13(8-10-14)21(28)15-4-1-2-6-17(15)26(20(21)27)12-18-24-16-5-3-11-23-19(16)25-18/h1-11,28H,12H2,(H2,22,29,30)(H,23,24,25). The van der Waals surface area contributed by atoms with E-state index >= 15 is 0 Å². The molecular formula is C21H17N5O4S. The summed E-state index contributed by atoms with van der Waals surface area (Å²) in [5.41, 5.74) is 0.484.